The van der Waals surface area contributed by atoms with Crippen molar-refractivity contribution in [1.82, 2.24) is 0 Å². The van der Waals surface area contributed by atoms with Crippen molar-refractivity contribution in [2.24, 2.45) is 0 Å². The number of Topliss-reactive ketones (excluding diaryl/α,β-unsaturated/α-hetero) is 1. The molecular formula is C13H16O6. The third kappa shape index (κ3) is 3.30. The summed E-state index contributed by atoms with van der Waals surface area (Å²) in [4.78, 5) is 10.9. The fourth-order valence-electron chi connectivity index (χ4n) is 1.78. The molecule has 1 saturated heterocycles. The monoisotopic (exact) mass is 268 g/mol. The van der Waals surface area contributed by atoms with Gasteiger partial charge in [0.1, 0.15) is 31.2 Å². The number of ether oxygens (including phenoxy) is 3. The van der Waals surface area contributed by atoms with Crippen LogP contribution in [0.3, 0.4) is 0 Å². The highest BCUT2D eigenvalue weighted by molar-refractivity contribution is 5.81. The van der Waals surface area contributed by atoms with Crippen LogP contribution < -0.4 is 4.74 Å². The Kier molecular flexibility index (Phi) is 4.49. The second kappa shape index (κ2) is 6.12. The highest BCUT2D eigenvalue weighted by Crippen LogP contribution is 2.24. The summed E-state index contributed by atoms with van der Waals surface area (Å²) in [6.07, 6.45) is -3.43. The summed E-state index contributed by atoms with van der Waals surface area (Å²) in [5.41, 5.74) is 0.511. The Morgan fingerprint density at radius 3 is 2.32 bits per heavy atom. The van der Waals surface area contributed by atoms with E-state index in [0.717, 1.165) is 0 Å². The molecule has 0 amide bonds. The Bertz CT molecular complexity index is 419. The Balaban J connectivity index is 2.01. The molecule has 6 nitrogen and oxygen atoms in total. The van der Waals surface area contributed by atoms with E-state index in [1.165, 1.54) is 0 Å². The molecule has 0 spiro atoms. The van der Waals surface area contributed by atoms with Crippen molar-refractivity contribution < 1.29 is 29.2 Å². The molecule has 1 fully saturated rings. The predicted octanol–water partition coefficient (Wildman–Crippen LogP) is 0.0315. The SMILES string of the molecule is COc1ccc([C@H](O)[C@@H](O)C2OCC(=O)CO2)cc1. The Morgan fingerprint density at radius 2 is 1.79 bits per heavy atom. The number of hydrogen-bond acceptors (Lipinski definition) is 6. The Hall–Kier alpha value is -1.47. The Labute approximate surface area is 110 Å². The van der Waals surface area contributed by atoms with Crippen molar-refractivity contribution in [3.63, 3.8) is 0 Å². The van der Waals surface area contributed by atoms with Crippen LogP contribution in [-0.4, -0.2) is 48.7 Å². The molecule has 104 valence electrons. The van der Waals surface area contributed by atoms with Crippen LogP contribution in [0.5, 0.6) is 5.75 Å². The molecule has 0 aliphatic carbocycles. The molecule has 0 unspecified atom stereocenters. The zero-order valence-corrected chi connectivity index (χ0v) is 10.5. The molecule has 6 heteroatoms. The number of rotatable bonds is 4. The van der Waals surface area contributed by atoms with Crippen LogP contribution in [0.25, 0.3) is 0 Å². The van der Waals surface area contributed by atoms with Gasteiger partial charge in [-0.3, -0.25) is 4.79 Å². The summed E-state index contributed by atoms with van der Waals surface area (Å²) in [6.45, 7) is -0.228. The van der Waals surface area contributed by atoms with E-state index < -0.39 is 18.5 Å². The lowest BCUT2D eigenvalue weighted by atomic mass is 10.0. The standard InChI is InChI=1S/C13H16O6/c1-17-10-4-2-8(3-5-10)11(15)12(16)13-18-6-9(14)7-19-13/h2-5,11-13,15-16H,6-7H2,1H3/t11-,12+/m0/s1. The van der Waals surface area contributed by atoms with E-state index in [2.05, 4.69) is 0 Å². The molecule has 2 N–H and O–H groups in total. The zero-order valence-electron chi connectivity index (χ0n) is 10.5. The van der Waals surface area contributed by atoms with E-state index in [-0.39, 0.29) is 19.0 Å². The first-order valence-corrected chi connectivity index (χ1v) is 5.87. The molecule has 0 aromatic heterocycles. The highest BCUT2D eigenvalue weighted by Gasteiger charge is 2.32. The molecule has 1 aliphatic rings. The number of benzene rings is 1. The summed E-state index contributed by atoms with van der Waals surface area (Å²) in [6, 6.07) is 6.64. The van der Waals surface area contributed by atoms with Crippen molar-refractivity contribution >= 4 is 5.78 Å². The number of carbonyl (C=O) groups excluding carboxylic acids is 1. The summed E-state index contributed by atoms with van der Waals surface area (Å²) in [5, 5.41) is 20.0. The molecule has 0 saturated carbocycles. The molecule has 1 aliphatic heterocycles. The van der Waals surface area contributed by atoms with E-state index in [9.17, 15) is 15.0 Å². The van der Waals surface area contributed by atoms with Crippen molar-refractivity contribution in [3.8, 4) is 5.75 Å². The maximum atomic E-state index is 10.9. The van der Waals surface area contributed by atoms with Gasteiger partial charge in [-0.05, 0) is 17.7 Å². The molecule has 1 aromatic rings. The maximum absolute atomic E-state index is 10.9. The van der Waals surface area contributed by atoms with Gasteiger partial charge in [-0.1, -0.05) is 12.1 Å². The van der Waals surface area contributed by atoms with Crippen molar-refractivity contribution in [1.29, 1.82) is 0 Å². The summed E-state index contributed by atoms with van der Waals surface area (Å²) in [7, 11) is 1.54. The first-order valence-electron chi connectivity index (χ1n) is 5.87. The van der Waals surface area contributed by atoms with E-state index in [1.54, 1.807) is 31.4 Å². The lowest BCUT2D eigenvalue weighted by molar-refractivity contribution is -0.233. The average Bonchev–Trinajstić information content (AvgIpc) is 2.46. The smallest absolute Gasteiger partial charge is 0.187 e. The van der Waals surface area contributed by atoms with Crippen molar-refractivity contribution in [3.05, 3.63) is 29.8 Å². The normalized spacial score (nSPS) is 20.1. The molecule has 2 atom stereocenters. The summed E-state index contributed by atoms with van der Waals surface area (Å²) in [5.74, 6) is 0.462. The quantitative estimate of drug-likeness (QED) is 0.801. The fraction of sp³-hybridized carbons (Fsp3) is 0.462. The van der Waals surface area contributed by atoms with Crippen LogP contribution in [-0.2, 0) is 14.3 Å². The van der Waals surface area contributed by atoms with Gasteiger partial charge in [-0.2, -0.15) is 0 Å². The van der Waals surface area contributed by atoms with Gasteiger partial charge in [0.2, 0.25) is 0 Å². The largest absolute Gasteiger partial charge is 0.497 e. The Morgan fingerprint density at radius 1 is 1.21 bits per heavy atom. The lowest BCUT2D eigenvalue weighted by Gasteiger charge is -2.29. The van der Waals surface area contributed by atoms with E-state index >= 15 is 0 Å². The topological polar surface area (TPSA) is 85.2 Å². The number of methoxy groups -OCH3 is 1. The molecule has 0 bridgehead atoms. The van der Waals surface area contributed by atoms with Crippen LogP contribution in [0, 0.1) is 0 Å². The van der Waals surface area contributed by atoms with Gasteiger partial charge < -0.3 is 24.4 Å². The minimum Gasteiger partial charge on any atom is -0.497 e. The van der Waals surface area contributed by atoms with Gasteiger partial charge in [-0.15, -0.1) is 0 Å². The zero-order chi connectivity index (χ0) is 13.8. The van der Waals surface area contributed by atoms with Crippen molar-refractivity contribution in [2.75, 3.05) is 20.3 Å². The first kappa shape index (κ1) is 14.0. The highest BCUT2D eigenvalue weighted by atomic mass is 16.7. The van der Waals surface area contributed by atoms with Gasteiger partial charge in [0.15, 0.2) is 12.1 Å². The molecule has 1 heterocycles. The number of hydrogen-bond donors (Lipinski definition) is 2. The second-order valence-corrected chi connectivity index (χ2v) is 4.24. The van der Waals surface area contributed by atoms with E-state index in [0.29, 0.717) is 11.3 Å². The van der Waals surface area contributed by atoms with Gasteiger partial charge in [0, 0.05) is 0 Å². The van der Waals surface area contributed by atoms with Crippen molar-refractivity contribution in [2.45, 2.75) is 18.5 Å². The van der Waals surface area contributed by atoms with Gasteiger partial charge >= 0.3 is 0 Å². The third-order valence-corrected chi connectivity index (χ3v) is 2.88. The summed E-state index contributed by atoms with van der Waals surface area (Å²) < 4.78 is 15.1. The predicted molar refractivity (Wildman–Crippen MR) is 64.7 cm³/mol. The van der Waals surface area contributed by atoms with E-state index in [4.69, 9.17) is 14.2 Å². The van der Waals surface area contributed by atoms with Crippen LogP contribution in [0.15, 0.2) is 24.3 Å². The molecule has 1 aromatic carbocycles. The van der Waals surface area contributed by atoms with Gasteiger partial charge in [0.25, 0.3) is 0 Å². The molecule has 2 rings (SSSR count). The number of aliphatic hydroxyl groups excluding tert-OH is 2. The second-order valence-electron chi connectivity index (χ2n) is 4.24. The van der Waals surface area contributed by atoms with Crippen LogP contribution >= 0.6 is 0 Å². The van der Waals surface area contributed by atoms with Gasteiger partial charge in [0.05, 0.1) is 7.11 Å². The van der Waals surface area contributed by atoms with Crippen LogP contribution in [0.4, 0.5) is 0 Å². The minimum atomic E-state index is -1.26. The fourth-order valence-corrected chi connectivity index (χ4v) is 1.78. The van der Waals surface area contributed by atoms with Gasteiger partial charge in [-0.25, -0.2) is 0 Å². The lowest BCUT2D eigenvalue weighted by Crippen LogP contribution is -2.42. The number of aliphatic hydroxyl groups is 2. The third-order valence-electron chi connectivity index (χ3n) is 2.88. The minimum absolute atomic E-state index is 0.114. The van der Waals surface area contributed by atoms with Crippen LogP contribution in [0.1, 0.15) is 11.7 Å². The number of ketones is 1. The first-order chi connectivity index (χ1) is 9.11. The number of carbonyl (C=O) groups is 1. The molecular weight excluding hydrogens is 252 g/mol. The summed E-state index contributed by atoms with van der Waals surface area (Å²) >= 11 is 0. The van der Waals surface area contributed by atoms with Crippen LogP contribution in [0.2, 0.25) is 0 Å². The van der Waals surface area contributed by atoms with E-state index in [1.807, 2.05) is 0 Å². The molecule has 0 radical (unpaired) electrons. The average molecular weight is 268 g/mol. The maximum Gasteiger partial charge on any atom is 0.187 e. The molecule has 19 heavy (non-hydrogen) atoms.